The highest BCUT2D eigenvalue weighted by Crippen LogP contribution is 2.23. The van der Waals surface area contributed by atoms with E-state index in [4.69, 9.17) is 9.47 Å². The number of anilines is 1. The molecule has 0 unspecified atom stereocenters. The third-order valence-corrected chi connectivity index (χ3v) is 3.26. The Kier molecular flexibility index (Phi) is 5.36. The van der Waals surface area contributed by atoms with E-state index in [1.165, 1.54) is 13.8 Å². The molecule has 0 saturated heterocycles. The van der Waals surface area contributed by atoms with E-state index < -0.39 is 0 Å². The smallest absolute Gasteiger partial charge is 0.221 e. The number of carbonyl (C=O) groups is 2. The van der Waals surface area contributed by atoms with Gasteiger partial charge >= 0.3 is 0 Å². The normalized spacial score (nSPS) is 10.0. The van der Waals surface area contributed by atoms with Crippen LogP contribution in [-0.2, 0) is 11.4 Å². The Bertz CT molecular complexity index is 707. The van der Waals surface area contributed by atoms with Crippen LogP contribution in [0.3, 0.4) is 0 Å². The summed E-state index contributed by atoms with van der Waals surface area (Å²) in [6.45, 7) is 3.26. The van der Waals surface area contributed by atoms with E-state index in [1.54, 1.807) is 49.6 Å². The molecule has 5 nitrogen and oxygen atoms in total. The molecule has 0 bridgehead atoms. The predicted octanol–water partition coefficient (Wildman–Crippen LogP) is 3.44. The Morgan fingerprint density at radius 1 is 1.04 bits per heavy atom. The summed E-state index contributed by atoms with van der Waals surface area (Å²) < 4.78 is 11.0. The lowest BCUT2D eigenvalue weighted by atomic mass is 10.1. The summed E-state index contributed by atoms with van der Waals surface area (Å²) in [7, 11) is 1.58. The van der Waals surface area contributed by atoms with E-state index >= 15 is 0 Å². The van der Waals surface area contributed by atoms with Gasteiger partial charge in [-0.25, -0.2) is 0 Å². The van der Waals surface area contributed by atoms with E-state index in [1.807, 2.05) is 0 Å². The first-order chi connectivity index (χ1) is 11.0. The number of ether oxygens (including phenoxy) is 2. The first-order valence-corrected chi connectivity index (χ1v) is 7.18. The van der Waals surface area contributed by atoms with Crippen molar-refractivity contribution in [3.05, 3.63) is 53.6 Å². The first kappa shape index (κ1) is 16.5. The summed E-state index contributed by atoms with van der Waals surface area (Å²) >= 11 is 0. The lowest BCUT2D eigenvalue weighted by Crippen LogP contribution is -2.05. The van der Waals surface area contributed by atoms with Gasteiger partial charge in [-0.2, -0.15) is 0 Å². The molecule has 120 valence electrons. The number of methoxy groups -OCH3 is 1. The van der Waals surface area contributed by atoms with Gasteiger partial charge in [-0.1, -0.05) is 0 Å². The van der Waals surface area contributed by atoms with Crippen LogP contribution in [0.25, 0.3) is 0 Å². The fraction of sp³-hybridized carbons (Fsp3) is 0.222. The lowest BCUT2D eigenvalue weighted by Gasteiger charge is -2.12. The second kappa shape index (κ2) is 7.45. The minimum absolute atomic E-state index is 0.00596. The van der Waals surface area contributed by atoms with Crippen molar-refractivity contribution in [3.63, 3.8) is 0 Å². The first-order valence-electron chi connectivity index (χ1n) is 7.18. The zero-order valence-electron chi connectivity index (χ0n) is 13.4. The summed E-state index contributed by atoms with van der Waals surface area (Å²) in [5.41, 5.74) is 2.12. The van der Waals surface area contributed by atoms with Crippen molar-refractivity contribution < 1.29 is 19.1 Å². The van der Waals surface area contributed by atoms with Gasteiger partial charge in [0.15, 0.2) is 5.78 Å². The van der Waals surface area contributed by atoms with Gasteiger partial charge in [0, 0.05) is 23.7 Å². The third kappa shape index (κ3) is 4.57. The van der Waals surface area contributed by atoms with Gasteiger partial charge in [-0.15, -0.1) is 0 Å². The number of nitrogens with one attached hydrogen (secondary N) is 1. The molecular weight excluding hydrogens is 294 g/mol. The van der Waals surface area contributed by atoms with Crippen LogP contribution in [0.4, 0.5) is 5.69 Å². The van der Waals surface area contributed by atoms with E-state index in [9.17, 15) is 9.59 Å². The molecule has 0 spiro atoms. The molecule has 0 saturated carbocycles. The largest absolute Gasteiger partial charge is 0.496 e. The number of carbonyl (C=O) groups excluding carboxylic acids is 2. The van der Waals surface area contributed by atoms with Crippen LogP contribution >= 0.6 is 0 Å². The number of hydrogen-bond acceptors (Lipinski definition) is 4. The highest BCUT2D eigenvalue weighted by molar-refractivity contribution is 5.94. The molecule has 1 amide bonds. The number of hydrogen-bond donors (Lipinski definition) is 1. The molecular formula is C18H19NO4. The van der Waals surface area contributed by atoms with Crippen LogP contribution < -0.4 is 14.8 Å². The average molecular weight is 313 g/mol. The number of Topliss-reactive ketones (excluding diaryl/α,β-unsaturated/α-hetero) is 1. The minimum atomic E-state index is -0.121. The maximum absolute atomic E-state index is 11.5. The summed E-state index contributed by atoms with van der Waals surface area (Å²) in [5, 5.41) is 2.69. The van der Waals surface area contributed by atoms with Crippen LogP contribution in [0.15, 0.2) is 42.5 Å². The van der Waals surface area contributed by atoms with E-state index in [0.29, 0.717) is 22.7 Å². The SMILES string of the molecule is COc1ccc(C(C)=O)cc1COc1ccc(NC(C)=O)cc1. The molecule has 0 fully saturated rings. The molecule has 0 aliphatic rings. The van der Waals surface area contributed by atoms with Gasteiger partial charge < -0.3 is 14.8 Å². The fourth-order valence-electron chi connectivity index (χ4n) is 2.11. The number of amides is 1. The van der Waals surface area contributed by atoms with Crippen molar-refractivity contribution in [2.45, 2.75) is 20.5 Å². The maximum Gasteiger partial charge on any atom is 0.221 e. The lowest BCUT2D eigenvalue weighted by molar-refractivity contribution is -0.114. The van der Waals surface area contributed by atoms with Gasteiger partial charge in [-0.05, 0) is 49.4 Å². The Morgan fingerprint density at radius 3 is 2.30 bits per heavy atom. The standard InChI is InChI=1S/C18H19NO4/c1-12(20)14-4-9-18(22-3)15(10-14)11-23-17-7-5-16(6-8-17)19-13(2)21/h4-10H,11H2,1-3H3,(H,19,21). The molecule has 0 aliphatic carbocycles. The van der Waals surface area contributed by atoms with Crippen molar-refractivity contribution in [2.24, 2.45) is 0 Å². The van der Waals surface area contributed by atoms with Crippen molar-refractivity contribution in [2.75, 3.05) is 12.4 Å². The van der Waals surface area contributed by atoms with Crippen molar-refractivity contribution >= 4 is 17.4 Å². The zero-order valence-corrected chi connectivity index (χ0v) is 13.4. The highest BCUT2D eigenvalue weighted by atomic mass is 16.5. The van der Waals surface area contributed by atoms with Gasteiger partial charge in [0.05, 0.1) is 7.11 Å². The predicted molar refractivity (Wildman–Crippen MR) is 88.1 cm³/mol. The maximum atomic E-state index is 11.5. The molecule has 0 heterocycles. The average Bonchev–Trinajstić information content (AvgIpc) is 2.53. The van der Waals surface area contributed by atoms with Crippen molar-refractivity contribution in [1.29, 1.82) is 0 Å². The topological polar surface area (TPSA) is 64.6 Å². The quantitative estimate of drug-likeness (QED) is 0.830. The summed E-state index contributed by atoms with van der Waals surface area (Å²) in [6, 6.07) is 12.3. The summed E-state index contributed by atoms with van der Waals surface area (Å²) in [4.78, 5) is 22.5. The Morgan fingerprint density at radius 2 is 1.74 bits per heavy atom. The number of ketones is 1. The van der Waals surface area contributed by atoms with Gasteiger partial charge in [0.25, 0.3) is 0 Å². The van der Waals surface area contributed by atoms with Gasteiger partial charge in [0.1, 0.15) is 18.1 Å². The molecule has 5 heteroatoms. The van der Waals surface area contributed by atoms with E-state index in [2.05, 4.69) is 5.32 Å². The second-order valence-electron chi connectivity index (χ2n) is 5.08. The Balaban J connectivity index is 2.09. The van der Waals surface area contributed by atoms with E-state index in [0.717, 1.165) is 5.56 Å². The van der Waals surface area contributed by atoms with Crippen LogP contribution in [-0.4, -0.2) is 18.8 Å². The van der Waals surface area contributed by atoms with Crippen molar-refractivity contribution in [3.8, 4) is 11.5 Å². The summed E-state index contributed by atoms with van der Waals surface area (Å²) in [5.74, 6) is 1.21. The van der Waals surface area contributed by atoms with Crippen LogP contribution in [0.5, 0.6) is 11.5 Å². The Hall–Kier alpha value is -2.82. The number of benzene rings is 2. The van der Waals surface area contributed by atoms with Crippen molar-refractivity contribution in [1.82, 2.24) is 0 Å². The second-order valence-corrected chi connectivity index (χ2v) is 5.08. The van der Waals surface area contributed by atoms with Gasteiger partial charge in [-0.3, -0.25) is 9.59 Å². The molecule has 0 aromatic heterocycles. The van der Waals surface area contributed by atoms with Gasteiger partial charge in [0.2, 0.25) is 5.91 Å². The molecule has 23 heavy (non-hydrogen) atoms. The minimum Gasteiger partial charge on any atom is -0.496 e. The van der Waals surface area contributed by atoms with Crippen LogP contribution in [0.2, 0.25) is 0 Å². The summed E-state index contributed by atoms with van der Waals surface area (Å²) in [6.07, 6.45) is 0. The number of rotatable bonds is 6. The highest BCUT2D eigenvalue weighted by Gasteiger charge is 2.08. The molecule has 0 radical (unpaired) electrons. The van der Waals surface area contributed by atoms with E-state index in [-0.39, 0.29) is 18.3 Å². The molecule has 0 atom stereocenters. The third-order valence-electron chi connectivity index (χ3n) is 3.26. The molecule has 2 aromatic carbocycles. The zero-order chi connectivity index (χ0) is 16.8. The molecule has 2 aromatic rings. The molecule has 2 rings (SSSR count). The van der Waals surface area contributed by atoms with Crippen LogP contribution in [0, 0.1) is 0 Å². The molecule has 1 N–H and O–H groups in total. The van der Waals surface area contributed by atoms with Crippen LogP contribution in [0.1, 0.15) is 29.8 Å². The monoisotopic (exact) mass is 313 g/mol. The Labute approximate surface area is 135 Å². The molecule has 0 aliphatic heterocycles. The fourth-order valence-corrected chi connectivity index (χ4v) is 2.11.